The van der Waals surface area contributed by atoms with E-state index in [1.54, 1.807) is 6.07 Å². The second-order valence-corrected chi connectivity index (χ2v) is 9.19. The summed E-state index contributed by atoms with van der Waals surface area (Å²) in [4.78, 5) is 12.7. The molecule has 9 heteroatoms. The van der Waals surface area contributed by atoms with Gasteiger partial charge in [0.25, 0.3) is 5.91 Å². The van der Waals surface area contributed by atoms with Crippen LogP contribution in [-0.2, 0) is 10.0 Å². The van der Waals surface area contributed by atoms with Crippen molar-refractivity contribution < 1.29 is 17.9 Å². The Morgan fingerprint density at radius 3 is 2.43 bits per heavy atom. The third-order valence-corrected chi connectivity index (χ3v) is 6.99. The summed E-state index contributed by atoms with van der Waals surface area (Å²) in [5.74, 6) is -0.150. The molecule has 0 spiro atoms. The monoisotopic (exact) mass is 442 g/mol. The number of carbonyl (C=O) groups excluding carboxylic acids is 1. The number of sulfonamides is 1. The van der Waals surface area contributed by atoms with Gasteiger partial charge in [0, 0.05) is 18.1 Å². The fraction of sp³-hybridized carbons (Fsp3) is 0.316. The van der Waals surface area contributed by atoms with E-state index in [2.05, 4.69) is 5.32 Å². The molecular formula is C19H20Cl2N2O4S. The first-order valence-corrected chi connectivity index (χ1v) is 11.0. The highest BCUT2D eigenvalue weighted by atomic mass is 35.5. The summed E-state index contributed by atoms with van der Waals surface area (Å²) < 4.78 is 32.6. The van der Waals surface area contributed by atoms with Crippen LogP contribution >= 0.6 is 23.2 Å². The summed E-state index contributed by atoms with van der Waals surface area (Å²) in [6, 6.07) is 8.93. The van der Waals surface area contributed by atoms with Gasteiger partial charge in [0.1, 0.15) is 5.75 Å². The van der Waals surface area contributed by atoms with Crippen LogP contribution in [0.25, 0.3) is 0 Å². The Labute approximate surface area is 174 Å². The fourth-order valence-corrected chi connectivity index (χ4v) is 5.10. The molecule has 0 bridgehead atoms. The van der Waals surface area contributed by atoms with Crippen LogP contribution in [0.4, 0.5) is 5.69 Å². The summed E-state index contributed by atoms with van der Waals surface area (Å²) in [6.45, 7) is 0.993. The minimum Gasteiger partial charge on any atom is -0.495 e. The number of hydrogen-bond donors (Lipinski definition) is 1. The predicted octanol–water partition coefficient (Wildman–Crippen LogP) is 4.43. The number of methoxy groups -OCH3 is 1. The van der Waals surface area contributed by atoms with Crippen molar-refractivity contribution in [1.29, 1.82) is 0 Å². The third-order valence-electron chi connectivity index (χ3n) is 4.55. The molecule has 1 aliphatic rings. The van der Waals surface area contributed by atoms with Gasteiger partial charge in [-0.05, 0) is 49.2 Å². The molecule has 0 aliphatic carbocycles. The van der Waals surface area contributed by atoms with Crippen LogP contribution < -0.4 is 10.1 Å². The normalized spacial score (nSPS) is 15.2. The highest BCUT2D eigenvalue weighted by molar-refractivity contribution is 7.89. The lowest BCUT2D eigenvalue weighted by atomic mass is 10.2. The largest absolute Gasteiger partial charge is 0.495 e. The molecule has 1 N–H and O–H groups in total. The van der Waals surface area contributed by atoms with Crippen LogP contribution in [0.5, 0.6) is 5.75 Å². The number of anilines is 1. The maximum Gasteiger partial charge on any atom is 0.257 e. The number of rotatable bonds is 5. The average Bonchev–Trinajstić information content (AvgIpc) is 2.68. The van der Waals surface area contributed by atoms with Crippen molar-refractivity contribution in [3.63, 3.8) is 0 Å². The van der Waals surface area contributed by atoms with E-state index in [9.17, 15) is 13.2 Å². The molecule has 0 unspecified atom stereocenters. The van der Waals surface area contributed by atoms with Gasteiger partial charge in [-0.3, -0.25) is 4.79 Å². The van der Waals surface area contributed by atoms with Gasteiger partial charge in [-0.1, -0.05) is 29.6 Å². The van der Waals surface area contributed by atoms with Gasteiger partial charge in [-0.25, -0.2) is 8.42 Å². The van der Waals surface area contributed by atoms with Crippen molar-refractivity contribution in [1.82, 2.24) is 4.31 Å². The summed E-state index contributed by atoms with van der Waals surface area (Å²) in [7, 11) is -2.20. The Bertz CT molecular complexity index is 989. The first-order valence-electron chi connectivity index (χ1n) is 8.77. The van der Waals surface area contributed by atoms with Gasteiger partial charge in [0.2, 0.25) is 10.0 Å². The van der Waals surface area contributed by atoms with Crippen molar-refractivity contribution in [2.45, 2.75) is 24.2 Å². The van der Waals surface area contributed by atoms with Gasteiger partial charge in [-0.15, -0.1) is 0 Å². The molecule has 1 fully saturated rings. The van der Waals surface area contributed by atoms with Crippen LogP contribution in [0, 0.1) is 0 Å². The standard InChI is InChI=1S/C19H20Cl2N2O4S/c1-27-18-8-6-14(28(25,26)23-9-3-2-4-10-23)12-17(18)22-19(24)15-7-5-13(20)11-16(15)21/h5-8,11-12H,2-4,9-10H2,1H3,(H,22,24). The molecule has 0 saturated carbocycles. The molecule has 0 radical (unpaired) electrons. The van der Waals surface area contributed by atoms with Gasteiger partial charge >= 0.3 is 0 Å². The quantitative estimate of drug-likeness (QED) is 0.742. The number of halogens is 2. The minimum atomic E-state index is -3.64. The zero-order valence-electron chi connectivity index (χ0n) is 15.2. The molecule has 1 amide bonds. The van der Waals surface area contributed by atoms with E-state index in [1.165, 1.54) is 41.7 Å². The molecule has 3 rings (SSSR count). The average molecular weight is 443 g/mol. The lowest BCUT2D eigenvalue weighted by Crippen LogP contribution is -2.35. The lowest BCUT2D eigenvalue weighted by Gasteiger charge is -2.26. The number of nitrogens with one attached hydrogen (secondary N) is 1. The van der Waals surface area contributed by atoms with Crippen LogP contribution in [0.1, 0.15) is 29.6 Å². The molecule has 2 aromatic rings. The van der Waals surface area contributed by atoms with E-state index in [1.807, 2.05) is 0 Å². The summed E-state index contributed by atoms with van der Waals surface area (Å²) in [5.41, 5.74) is 0.467. The highest BCUT2D eigenvalue weighted by Crippen LogP contribution is 2.31. The molecule has 1 aliphatic heterocycles. The second kappa shape index (κ2) is 8.69. The zero-order chi connectivity index (χ0) is 20.3. The zero-order valence-corrected chi connectivity index (χ0v) is 17.6. The highest BCUT2D eigenvalue weighted by Gasteiger charge is 2.27. The lowest BCUT2D eigenvalue weighted by molar-refractivity contribution is 0.102. The summed E-state index contributed by atoms with van der Waals surface area (Å²) >= 11 is 12.0. The molecule has 6 nitrogen and oxygen atoms in total. The Hall–Kier alpha value is -1.80. The second-order valence-electron chi connectivity index (χ2n) is 6.41. The number of carbonyl (C=O) groups is 1. The van der Waals surface area contributed by atoms with Crippen LogP contribution in [-0.4, -0.2) is 38.8 Å². The maximum atomic E-state index is 12.9. The van der Waals surface area contributed by atoms with Crippen molar-refractivity contribution >= 4 is 44.8 Å². The molecule has 0 atom stereocenters. The fourth-order valence-electron chi connectivity index (χ4n) is 3.06. The number of hydrogen-bond acceptors (Lipinski definition) is 4. The van der Waals surface area contributed by atoms with Crippen molar-refractivity contribution in [2.75, 3.05) is 25.5 Å². The number of nitrogens with zero attached hydrogens (tertiary/aromatic N) is 1. The Balaban J connectivity index is 1.92. The molecule has 1 saturated heterocycles. The van der Waals surface area contributed by atoms with E-state index in [0.29, 0.717) is 23.9 Å². The molecule has 2 aromatic carbocycles. The van der Waals surface area contributed by atoms with Gasteiger partial charge in [0.05, 0.1) is 28.3 Å². The van der Waals surface area contributed by atoms with Gasteiger partial charge in [-0.2, -0.15) is 4.31 Å². The van der Waals surface area contributed by atoms with Gasteiger partial charge in [0.15, 0.2) is 0 Å². The predicted molar refractivity (Wildman–Crippen MR) is 110 cm³/mol. The van der Waals surface area contributed by atoms with Crippen molar-refractivity contribution in [2.24, 2.45) is 0 Å². The SMILES string of the molecule is COc1ccc(S(=O)(=O)N2CCCCC2)cc1NC(=O)c1ccc(Cl)cc1Cl. The molecule has 1 heterocycles. The topological polar surface area (TPSA) is 75.7 Å². The van der Waals surface area contributed by atoms with E-state index < -0.39 is 15.9 Å². The maximum absolute atomic E-state index is 12.9. The molecule has 150 valence electrons. The van der Waals surface area contributed by atoms with Crippen molar-refractivity contribution in [3.05, 3.63) is 52.0 Å². The van der Waals surface area contributed by atoms with Gasteiger partial charge < -0.3 is 10.1 Å². The number of piperidine rings is 1. The van der Waals surface area contributed by atoms with Crippen molar-refractivity contribution in [3.8, 4) is 5.75 Å². The Kier molecular flexibility index (Phi) is 6.50. The Morgan fingerprint density at radius 2 is 1.79 bits per heavy atom. The molecule has 28 heavy (non-hydrogen) atoms. The summed E-state index contributed by atoms with van der Waals surface area (Å²) in [6.07, 6.45) is 2.71. The van der Waals surface area contributed by atoms with Crippen LogP contribution in [0.2, 0.25) is 10.0 Å². The Morgan fingerprint density at radius 1 is 1.07 bits per heavy atom. The number of amides is 1. The van der Waals surface area contributed by atoms with Crippen LogP contribution in [0.15, 0.2) is 41.3 Å². The first kappa shape index (κ1) is 20.9. The van der Waals surface area contributed by atoms with Crippen LogP contribution in [0.3, 0.4) is 0 Å². The molecular weight excluding hydrogens is 423 g/mol. The third kappa shape index (κ3) is 4.43. The number of benzene rings is 2. The van der Waals surface area contributed by atoms with E-state index in [4.69, 9.17) is 27.9 Å². The van der Waals surface area contributed by atoms with E-state index in [0.717, 1.165) is 19.3 Å². The molecule has 0 aromatic heterocycles. The summed E-state index contributed by atoms with van der Waals surface area (Å²) in [5, 5.41) is 3.29. The number of ether oxygens (including phenoxy) is 1. The minimum absolute atomic E-state index is 0.104. The van der Waals surface area contributed by atoms with E-state index >= 15 is 0 Å². The first-order chi connectivity index (χ1) is 13.3. The van der Waals surface area contributed by atoms with E-state index in [-0.39, 0.29) is 21.2 Å². The smallest absolute Gasteiger partial charge is 0.257 e.